The van der Waals surface area contributed by atoms with Crippen molar-refractivity contribution in [3.05, 3.63) is 58.1 Å². The van der Waals surface area contributed by atoms with Gasteiger partial charge in [-0.05, 0) is 62.4 Å². The second-order valence-electron chi connectivity index (χ2n) is 7.60. The lowest BCUT2D eigenvalue weighted by Gasteiger charge is -2.31. The number of primary sulfonamides is 1. The SMILES string of the molecule is NS(=O)(=O)c1cc(Cl)c(NC(=O)CN2CCC(CCc3ccccc3)CC2)c(Cl)c1. The van der Waals surface area contributed by atoms with Crippen molar-refractivity contribution in [1.29, 1.82) is 0 Å². The molecule has 0 radical (unpaired) electrons. The maximum absolute atomic E-state index is 12.4. The van der Waals surface area contributed by atoms with Crippen LogP contribution in [0.15, 0.2) is 47.4 Å². The highest BCUT2D eigenvalue weighted by Gasteiger charge is 2.22. The normalized spacial score (nSPS) is 15.8. The zero-order valence-corrected chi connectivity index (χ0v) is 18.8. The summed E-state index contributed by atoms with van der Waals surface area (Å²) in [6.07, 6.45) is 4.36. The van der Waals surface area contributed by atoms with Crippen LogP contribution in [0.4, 0.5) is 5.69 Å². The monoisotopic (exact) mass is 469 g/mol. The summed E-state index contributed by atoms with van der Waals surface area (Å²) in [7, 11) is -3.93. The molecule has 0 atom stereocenters. The highest BCUT2D eigenvalue weighted by atomic mass is 35.5. The van der Waals surface area contributed by atoms with Gasteiger partial charge in [-0.25, -0.2) is 13.6 Å². The van der Waals surface area contributed by atoms with E-state index < -0.39 is 10.0 Å². The third-order valence-electron chi connectivity index (χ3n) is 5.37. The van der Waals surface area contributed by atoms with E-state index in [0.717, 1.165) is 38.8 Å². The molecule has 0 saturated carbocycles. The van der Waals surface area contributed by atoms with Crippen LogP contribution in [0.1, 0.15) is 24.8 Å². The van der Waals surface area contributed by atoms with Crippen LogP contribution in [0.2, 0.25) is 10.0 Å². The minimum absolute atomic E-state index is 0.0273. The zero-order valence-electron chi connectivity index (χ0n) is 16.5. The van der Waals surface area contributed by atoms with Gasteiger partial charge in [0.25, 0.3) is 0 Å². The molecular formula is C21H25Cl2N3O3S. The fourth-order valence-corrected chi connectivity index (χ4v) is 4.94. The molecular weight excluding hydrogens is 445 g/mol. The van der Waals surface area contributed by atoms with Crippen LogP contribution in [-0.4, -0.2) is 38.9 Å². The summed E-state index contributed by atoms with van der Waals surface area (Å²) < 4.78 is 22.9. The van der Waals surface area contributed by atoms with Gasteiger partial charge >= 0.3 is 0 Å². The zero-order chi connectivity index (χ0) is 21.7. The first kappa shape index (κ1) is 23.0. The molecule has 1 heterocycles. The minimum atomic E-state index is -3.93. The van der Waals surface area contributed by atoms with Gasteiger partial charge in [0.2, 0.25) is 15.9 Å². The number of carbonyl (C=O) groups excluding carboxylic acids is 1. The first-order valence-corrected chi connectivity index (χ1v) is 12.1. The van der Waals surface area contributed by atoms with Crippen molar-refractivity contribution in [3.8, 4) is 0 Å². The fourth-order valence-electron chi connectivity index (χ4n) is 3.66. The van der Waals surface area contributed by atoms with Gasteiger partial charge in [0.05, 0.1) is 27.2 Å². The van der Waals surface area contributed by atoms with Crippen molar-refractivity contribution in [3.63, 3.8) is 0 Å². The first-order valence-electron chi connectivity index (χ1n) is 9.80. The van der Waals surface area contributed by atoms with Gasteiger partial charge in [-0.3, -0.25) is 9.69 Å². The Morgan fingerprint density at radius 2 is 1.70 bits per heavy atom. The number of aryl methyl sites for hydroxylation is 1. The molecule has 30 heavy (non-hydrogen) atoms. The number of carbonyl (C=O) groups is 1. The maximum Gasteiger partial charge on any atom is 0.238 e. The number of hydrogen-bond acceptors (Lipinski definition) is 4. The lowest BCUT2D eigenvalue weighted by Crippen LogP contribution is -2.39. The Kier molecular flexibility index (Phi) is 7.76. The molecule has 3 rings (SSSR count). The van der Waals surface area contributed by atoms with E-state index in [1.54, 1.807) is 0 Å². The molecule has 3 N–H and O–H groups in total. The molecule has 0 spiro atoms. The predicted molar refractivity (Wildman–Crippen MR) is 120 cm³/mol. The smallest absolute Gasteiger partial charge is 0.238 e. The average Bonchev–Trinajstić information content (AvgIpc) is 2.70. The molecule has 9 heteroatoms. The number of rotatable bonds is 7. The number of nitrogens with zero attached hydrogens (tertiary/aromatic N) is 1. The quantitative estimate of drug-likeness (QED) is 0.642. The lowest BCUT2D eigenvalue weighted by molar-refractivity contribution is -0.117. The number of nitrogens with one attached hydrogen (secondary N) is 1. The third-order valence-corrected chi connectivity index (χ3v) is 6.86. The van der Waals surface area contributed by atoms with E-state index in [-0.39, 0.29) is 33.1 Å². The minimum Gasteiger partial charge on any atom is -0.322 e. The number of hydrogen-bond donors (Lipinski definition) is 2. The number of nitrogens with two attached hydrogens (primary N) is 1. The second kappa shape index (κ2) is 10.1. The van der Waals surface area contributed by atoms with Gasteiger partial charge in [-0.15, -0.1) is 0 Å². The molecule has 0 unspecified atom stereocenters. The summed E-state index contributed by atoms with van der Waals surface area (Å²) in [6, 6.07) is 12.8. The highest BCUT2D eigenvalue weighted by Crippen LogP contribution is 2.33. The summed E-state index contributed by atoms with van der Waals surface area (Å²) >= 11 is 12.2. The first-order chi connectivity index (χ1) is 14.2. The van der Waals surface area contributed by atoms with Gasteiger partial charge in [0.1, 0.15) is 0 Å². The van der Waals surface area contributed by atoms with E-state index in [0.29, 0.717) is 5.92 Å². The lowest BCUT2D eigenvalue weighted by atomic mass is 9.90. The molecule has 2 aromatic carbocycles. The van der Waals surface area contributed by atoms with Gasteiger partial charge in [-0.2, -0.15) is 0 Å². The number of anilines is 1. The van der Waals surface area contributed by atoms with E-state index in [9.17, 15) is 13.2 Å². The number of likely N-dealkylation sites (tertiary alicyclic amines) is 1. The van der Waals surface area contributed by atoms with Crippen LogP contribution in [0, 0.1) is 5.92 Å². The molecule has 1 aliphatic rings. The van der Waals surface area contributed by atoms with Gasteiger partial charge in [-0.1, -0.05) is 53.5 Å². The Bertz CT molecular complexity index is 969. The van der Waals surface area contributed by atoms with Crippen LogP contribution in [0.25, 0.3) is 0 Å². The van der Waals surface area contributed by atoms with Crippen LogP contribution in [0.5, 0.6) is 0 Å². The molecule has 1 aliphatic heterocycles. The number of sulfonamides is 1. The van der Waals surface area contributed by atoms with E-state index in [2.05, 4.69) is 34.5 Å². The second-order valence-corrected chi connectivity index (χ2v) is 9.97. The molecule has 6 nitrogen and oxygen atoms in total. The number of halogens is 2. The number of amides is 1. The molecule has 0 aromatic heterocycles. The summed E-state index contributed by atoms with van der Waals surface area (Å²) in [5.41, 5.74) is 1.55. The van der Waals surface area contributed by atoms with Gasteiger partial charge < -0.3 is 5.32 Å². The molecule has 1 fully saturated rings. The molecule has 1 saturated heterocycles. The molecule has 0 aliphatic carbocycles. The van der Waals surface area contributed by atoms with Gasteiger partial charge in [0, 0.05) is 0 Å². The Morgan fingerprint density at radius 3 is 2.27 bits per heavy atom. The Labute approximate surface area is 187 Å². The van der Waals surface area contributed by atoms with Crippen molar-refractivity contribution >= 4 is 44.8 Å². The molecule has 1 amide bonds. The summed E-state index contributed by atoms with van der Waals surface area (Å²) in [6.45, 7) is 1.95. The summed E-state index contributed by atoms with van der Waals surface area (Å²) in [5.74, 6) is 0.420. The topological polar surface area (TPSA) is 92.5 Å². The van der Waals surface area contributed by atoms with Crippen molar-refractivity contribution in [2.75, 3.05) is 25.0 Å². The molecule has 0 bridgehead atoms. The van der Waals surface area contributed by atoms with Crippen LogP contribution in [0.3, 0.4) is 0 Å². The Morgan fingerprint density at radius 1 is 1.10 bits per heavy atom. The Balaban J connectivity index is 1.48. The molecule has 162 valence electrons. The van der Waals surface area contributed by atoms with E-state index in [4.69, 9.17) is 28.3 Å². The van der Waals surface area contributed by atoms with E-state index in [1.165, 1.54) is 17.7 Å². The van der Waals surface area contributed by atoms with Crippen LogP contribution < -0.4 is 10.5 Å². The summed E-state index contributed by atoms with van der Waals surface area (Å²) in [5, 5.41) is 7.83. The largest absolute Gasteiger partial charge is 0.322 e. The highest BCUT2D eigenvalue weighted by molar-refractivity contribution is 7.89. The molecule has 2 aromatic rings. The van der Waals surface area contributed by atoms with Crippen molar-refractivity contribution in [2.24, 2.45) is 11.1 Å². The van der Waals surface area contributed by atoms with E-state index in [1.807, 2.05) is 6.07 Å². The van der Waals surface area contributed by atoms with Crippen LogP contribution in [-0.2, 0) is 21.2 Å². The van der Waals surface area contributed by atoms with Gasteiger partial charge in [0.15, 0.2) is 0 Å². The average molecular weight is 470 g/mol. The predicted octanol–water partition coefficient (Wildman–Crippen LogP) is 3.92. The summed E-state index contributed by atoms with van der Waals surface area (Å²) in [4.78, 5) is 14.4. The third kappa shape index (κ3) is 6.43. The maximum atomic E-state index is 12.4. The van der Waals surface area contributed by atoms with Crippen molar-refractivity contribution in [1.82, 2.24) is 4.90 Å². The van der Waals surface area contributed by atoms with E-state index >= 15 is 0 Å². The van der Waals surface area contributed by atoms with Crippen LogP contribution >= 0.6 is 23.2 Å². The standard InChI is InChI=1S/C21H25Cl2N3O3S/c22-18-12-17(30(24,28)29)13-19(23)21(18)25-20(27)14-26-10-8-16(9-11-26)7-6-15-4-2-1-3-5-15/h1-5,12-13,16H,6-11,14H2,(H,25,27)(H2,24,28,29). The number of piperidine rings is 1. The fraction of sp³-hybridized carbons (Fsp3) is 0.381. The Hall–Kier alpha value is -1.64. The number of benzene rings is 2. The van der Waals surface area contributed by atoms with Crippen molar-refractivity contribution < 1.29 is 13.2 Å². The van der Waals surface area contributed by atoms with Crippen molar-refractivity contribution in [2.45, 2.75) is 30.6 Å².